The number of aliphatic hydroxyl groups is 1. The first kappa shape index (κ1) is 7.85. The molecule has 1 aliphatic rings. The van der Waals surface area contributed by atoms with Gasteiger partial charge in [0.1, 0.15) is 5.76 Å². The second-order valence-corrected chi connectivity index (χ2v) is 2.71. The van der Waals surface area contributed by atoms with Crippen LogP contribution < -0.4 is 0 Å². The maximum atomic E-state index is 10.4. The Hall–Kier alpha value is -1.25. The molecule has 0 bridgehead atoms. The molecular formula is C8H10O3. The summed E-state index contributed by atoms with van der Waals surface area (Å²) in [6.45, 7) is 1.92. The van der Waals surface area contributed by atoms with Crippen molar-refractivity contribution in [2.75, 3.05) is 0 Å². The van der Waals surface area contributed by atoms with E-state index in [1.54, 1.807) is 6.08 Å². The van der Waals surface area contributed by atoms with Crippen molar-refractivity contribution in [1.82, 2.24) is 0 Å². The summed E-state index contributed by atoms with van der Waals surface area (Å²) in [4.78, 5) is 10.4. The molecule has 1 rings (SSSR count). The van der Waals surface area contributed by atoms with Crippen LogP contribution in [0.25, 0.3) is 0 Å². The van der Waals surface area contributed by atoms with Crippen LogP contribution in [0.5, 0.6) is 0 Å². The Morgan fingerprint density at radius 2 is 2.36 bits per heavy atom. The number of rotatable bonds is 1. The molecular weight excluding hydrogens is 144 g/mol. The van der Waals surface area contributed by atoms with Crippen LogP contribution in [0.3, 0.4) is 0 Å². The Kier molecular flexibility index (Phi) is 1.98. The molecule has 0 aromatic heterocycles. The SMILES string of the molecule is CC1C=CC(C(=O)O)=C(O)C1. The standard InChI is InChI=1S/C8H10O3/c1-5-2-3-6(8(10)11)7(9)4-5/h2-3,5,9H,4H2,1H3,(H,10,11). The Labute approximate surface area is 64.7 Å². The average molecular weight is 154 g/mol. The summed E-state index contributed by atoms with van der Waals surface area (Å²) in [6.07, 6.45) is 3.66. The highest BCUT2D eigenvalue weighted by atomic mass is 16.4. The number of carboxylic acid groups (broad SMARTS) is 1. The number of hydrogen-bond acceptors (Lipinski definition) is 2. The molecule has 0 amide bonds. The maximum absolute atomic E-state index is 10.4. The van der Waals surface area contributed by atoms with Gasteiger partial charge in [-0.25, -0.2) is 4.79 Å². The fraction of sp³-hybridized carbons (Fsp3) is 0.375. The van der Waals surface area contributed by atoms with Gasteiger partial charge in [-0.1, -0.05) is 13.0 Å². The van der Waals surface area contributed by atoms with Crippen LogP contribution in [0.1, 0.15) is 13.3 Å². The predicted octanol–water partition coefficient (Wildman–Crippen LogP) is 1.48. The minimum Gasteiger partial charge on any atom is -0.511 e. The van der Waals surface area contributed by atoms with Gasteiger partial charge in [-0.2, -0.15) is 0 Å². The normalized spacial score (nSPS) is 23.9. The van der Waals surface area contributed by atoms with Crippen molar-refractivity contribution < 1.29 is 15.0 Å². The molecule has 0 aromatic carbocycles. The predicted molar refractivity (Wildman–Crippen MR) is 40.2 cm³/mol. The van der Waals surface area contributed by atoms with Gasteiger partial charge < -0.3 is 10.2 Å². The van der Waals surface area contributed by atoms with E-state index < -0.39 is 5.97 Å². The van der Waals surface area contributed by atoms with E-state index in [0.29, 0.717) is 6.42 Å². The average Bonchev–Trinajstić information content (AvgIpc) is 1.85. The van der Waals surface area contributed by atoms with E-state index in [1.807, 2.05) is 6.92 Å². The van der Waals surface area contributed by atoms with Crippen LogP contribution in [0, 0.1) is 5.92 Å². The monoisotopic (exact) mass is 154 g/mol. The molecule has 0 heterocycles. The van der Waals surface area contributed by atoms with E-state index in [2.05, 4.69) is 0 Å². The van der Waals surface area contributed by atoms with E-state index in [4.69, 9.17) is 10.2 Å². The fourth-order valence-electron chi connectivity index (χ4n) is 1.03. The molecule has 0 saturated carbocycles. The van der Waals surface area contributed by atoms with Gasteiger partial charge in [0.25, 0.3) is 0 Å². The van der Waals surface area contributed by atoms with Crippen molar-refractivity contribution in [3.63, 3.8) is 0 Å². The number of aliphatic carboxylic acids is 1. The highest BCUT2D eigenvalue weighted by Crippen LogP contribution is 2.20. The Morgan fingerprint density at radius 3 is 2.82 bits per heavy atom. The first-order valence-corrected chi connectivity index (χ1v) is 3.45. The van der Waals surface area contributed by atoms with Crippen LogP contribution in [0.4, 0.5) is 0 Å². The van der Waals surface area contributed by atoms with E-state index in [0.717, 1.165) is 0 Å². The lowest BCUT2D eigenvalue weighted by Crippen LogP contribution is -2.08. The number of carbonyl (C=O) groups is 1. The largest absolute Gasteiger partial charge is 0.511 e. The number of carboxylic acids is 1. The molecule has 0 spiro atoms. The van der Waals surface area contributed by atoms with Crippen LogP contribution in [0.15, 0.2) is 23.5 Å². The molecule has 0 saturated heterocycles. The quantitative estimate of drug-likeness (QED) is 0.601. The van der Waals surface area contributed by atoms with Gasteiger partial charge in [-0.3, -0.25) is 0 Å². The summed E-state index contributed by atoms with van der Waals surface area (Å²) in [7, 11) is 0. The highest BCUT2D eigenvalue weighted by Gasteiger charge is 2.16. The van der Waals surface area contributed by atoms with Crippen molar-refractivity contribution in [2.45, 2.75) is 13.3 Å². The van der Waals surface area contributed by atoms with E-state index in [-0.39, 0.29) is 17.3 Å². The van der Waals surface area contributed by atoms with Gasteiger partial charge in [0.15, 0.2) is 0 Å². The summed E-state index contributed by atoms with van der Waals surface area (Å²) < 4.78 is 0. The third-order valence-corrected chi connectivity index (χ3v) is 1.65. The van der Waals surface area contributed by atoms with Crippen molar-refractivity contribution in [1.29, 1.82) is 0 Å². The Bertz CT molecular complexity index is 238. The lowest BCUT2D eigenvalue weighted by atomic mass is 9.97. The molecule has 0 radical (unpaired) electrons. The molecule has 0 aromatic rings. The highest BCUT2D eigenvalue weighted by molar-refractivity contribution is 5.90. The zero-order chi connectivity index (χ0) is 8.43. The van der Waals surface area contributed by atoms with Gasteiger partial charge in [0.2, 0.25) is 0 Å². The summed E-state index contributed by atoms with van der Waals surface area (Å²) in [5.41, 5.74) is 0.0168. The topological polar surface area (TPSA) is 57.5 Å². The van der Waals surface area contributed by atoms with Crippen LogP contribution >= 0.6 is 0 Å². The van der Waals surface area contributed by atoms with E-state index in [1.165, 1.54) is 6.08 Å². The molecule has 1 atom stereocenters. The van der Waals surface area contributed by atoms with Gasteiger partial charge >= 0.3 is 5.97 Å². The molecule has 0 aliphatic heterocycles. The lowest BCUT2D eigenvalue weighted by Gasteiger charge is -2.12. The van der Waals surface area contributed by atoms with Crippen molar-refractivity contribution in [3.05, 3.63) is 23.5 Å². The van der Waals surface area contributed by atoms with Gasteiger partial charge in [0.05, 0.1) is 5.57 Å². The van der Waals surface area contributed by atoms with Crippen LogP contribution in [-0.2, 0) is 4.79 Å². The smallest absolute Gasteiger partial charge is 0.339 e. The van der Waals surface area contributed by atoms with E-state index >= 15 is 0 Å². The van der Waals surface area contributed by atoms with Crippen molar-refractivity contribution >= 4 is 5.97 Å². The lowest BCUT2D eigenvalue weighted by molar-refractivity contribution is -0.132. The molecule has 60 valence electrons. The zero-order valence-electron chi connectivity index (χ0n) is 6.24. The number of hydrogen-bond donors (Lipinski definition) is 2. The third-order valence-electron chi connectivity index (χ3n) is 1.65. The molecule has 3 heteroatoms. The summed E-state index contributed by atoms with van der Waals surface area (Å²) in [5, 5.41) is 17.7. The van der Waals surface area contributed by atoms with Gasteiger partial charge in [-0.05, 0) is 12.0 Å². The number of aliphatic hydroxyl groups excluding tert-OH is 1. The zero-order valence-corrected chi connectivity index (χ0v) is 6.24. The maximum Gasteiger partial charge on any atom is 0.339 e. The van der Waals surface area contributed by atoms with Gasteiger partial charge in [-0.15, -0.1) is 0 Å². The minimum absolute atomic E-state index is 0.0168. The fourth-order valence-corrected chi connectivity index (χ4v) is 1.03. The summed E-state index contributed by atoms with van der Waals surface area (Å²) in [5.74, 6) is -0.851. The first-order valence-electron chi connectivity index (χ1n) is 3.45. The molecule has 11 heavy (non-hydrogen) atoms. The van der Waals surface area contributed by atoms with Gasteiger partial charge in [0, 0.05) is 6.42 Å². The molecule has 0 fully saturated rings. The van der Waals surface area contributed by atoms with Crippen LogP contribution in [0.2, 0.25) is 0 Å². The second-order valence-electron chi connectivity index (χ2n) is 2.71. The Morgan fingerprint density at radius 1 is 1.73 bits per heavy atom. The molecule has 1 aliphatic carbocycles. The first-order chi connectivity index (χ1) is 5.11. The Balaban J connectivity index is 2.88. The van der Waals surface area contributed by atoms with Crippen molar-refractivity contribution in [2.24, 2.45) is 5.92 Å². The van der Waals surface area contributed by atoms with E-state index in [9.17, 15) is 4.79 Å². The van der Waals surface area contributed by atoms with Crippen LogP contribution in [-0.4, -0.2) is 16.2 Å². The molecule has 3 nitrogen and oxygen atoms in total. The second kappa shape index (κ2) is 2.78. The summed E-state index contributed by atoms with van der Waals surface area (Å²) in [6, 6.07) is 0. The molecule has 1 unspecified atom stereocenters. The molecule has 2 N–H and O–H groups in total. The third kappa shape index (κ3) is 1.61. The minimum atomic E-state index is -1.06. The van der Waals surface area contributed by atoms with Crippen molar-refractivity contribution in [3.8, 4) is 0 Å². The number of allylic oxidation sites excluding steroid dienone is 2. The summed E-state index contributed by atoms with van der Waals surface area (Å²) >= 11 is 0.